The first-order valence-electron chi connectivity index (χ1n) is 5.86. The van der Waals surface area contributed by atoms with Crippen LogP contribution in [0.2, 0.25) is 0 Å². The van der Waals surface area contributed by atoms with E-state index in [0.29, 0.717) is 22.6 Å². The summed E-state index contributed by atoms with van der Waals surface area (Å²) < 4.78 is 0. The molecule has 0 aromatic heterocycles. The van der Waals surface area contributed by atoms with E-state index < -0.39 is 0 Å². The second-order valence-corrected chi connectivity index (χ2v) is 4.73. The molecule has 1 aliphatic carbocycles. The first-order chi connectivity index (χ1) is 7.40. The van der Waals surface area contributed by atoms with Gasteiger partial charge in [-0.3, -0.25) is 9.59 Å². The first kappa shape index (κ1) is 12.9. The Morgan fingerprint density at radius 3 is 1.94 bits per heavy atom. The minimum absolute atomic E-state index is 0.0374. The largest absolute Gasteiger partial charge is 0.289 e. The van der Waals surface area contributed by atoms with Crippen molar-refractivity contribution in [1.82, 2.24) is 0 Å². The summed E-state index contributed by atoms with van der Waals surface area (Å²) in [6.45, 7) is 9.47. The lowest BCUT2D eigenvalue weighted by molar-refractivity contribution is -0.116. The fraction of sp³-hybridized carbons (Fsp3) is 0.571. The van der Waals surface area contributed by atoms with Gasteiger partial charge in [-0.1, -0.05) is 20.3 Å². The maximum atomic E-state index is 12.1. The Hall–Kier alpha value is -1.18. The SMILES string of the molecule is CCC(C)CC1=C(C)C(=O)C(C)=C(C)C1=O. The summed E-state index contributed by atoms with van der Waals surface area (Å²) in [6, 6.07) is 0. The van der Waals surface area contributed by atoms with Crippen molar-refractivity contribution in [2.45, 2.75) is 47.5 Å². The van der Waals surface area contributed by atoms with Crippen LogP contribution in [0.4, 0.5) is 0 Å². The molecule has 0 aromatic rings. The molecule has 0 spiro atoms. The molecule has 1 aliphatic rings. The molecule has 1 unspecified atom stereocenters. The highest BCUT2D eigenvalue weighted by Crippen LogP contribution is 2.28. The van der Waals surface area contributed by atoms with Crippen molar-refractivity contribution in [3.63, 3.8) is 0 Å². The van der Waals surface area contributed by atoms with Gasteiger partial charge in [0.15, 0.2) is 11.6 Å². The maximum Gasteiger partial charge on any atom is 0.185 e. The lowest BCUT2D eigenvalue weighted by Crippen LogP contribution is -2.21. The molecule has 2 heteroatoms. The molecule has 0 saturated carbocycles. The summed E-state index contributed by atoms with van der Waals surface area (Å²) in [5.74, 6) is 0.554. The zero-order valence-corrected chi connectivity index (χ0v) is 10.8. The van der Waals surface area contributed by atoms with E-state index in [2.05, 4.69) is 13.8 Å². The van der Waals surface area contributed by atoms with Gasteiger partial charge in [-0.15, -0.1) is 0 Å². The normalized spacial score (nSPS) is 19.6. The zero-order chi connectivity index (χ0) is 12.5. The highest BCUT2D eigenvalue weighted by atomic mass is 16.1. The summed E-state index contributed by atoms with van der Waals surface area (Å²) in [4.78, 5) is 24.0. The Morgan fingerprint density at radius 1 is 0.938 bits per heavy atom. The smallest absolute Gasteiger partial charge is 0.185 e. The van der Waals surface area contributed by atoms with E-state index in [-0.39, 0.29) is 11.6 Å². The third-order valence-electron chi connectivity index (χ3n) is 3.56. The average molecular weight is 220 g/mol. The molecule has 2 nitrogen and oxygen atoms in total. The summed E-state index contributed by atoms with van der Waals surface area (Å²) in [7, 11) is 0. The summed E-state index contributed by atoms with van der Waals surface area (Å²) in [5, 5.41) is 0. The molecule has 1 atom stereocenters. The van der Waals surface area contributed by atoms with Gasteiger partial charge in [0.05, 0.1) is 0 Å². The maximum absolute atomic E-state index is 12.1. The van der Waals surface area contributed by atoms with Crippen LogP contribution < -0.4 is 0 Å². The van der Waals surface area contributed by atoms with Gasteiger partial charge in [-0.25, -0.2) is 0 Å². The van der Waals surface area contributed by atoms with Crippen LogP contribution in [0.25, 0.3) is 0 Å². The second-order valence-electron chi connectivity index (χ2n) is 4.73. The number of ketones is 2. The van der Waals surface area contributed by atoms with Crippen LogP contribution in [-0.4, -0.2) is 11.6 Å². The van der Waals surface area contributed by atoms with E-state index >= 15 is 0 Å². The minimum Gasteiger partial charge on any atom is -0.289 e. The van der Waals surface area contributed by atoms with Crippen LogP contribution in [0.15, 0.2) is 22.3 Å². The Bertz CT molecular complexity index is 397. The molecule has 1 rings (SSSR count). The van der Waals surface area contributed by atoms with Crippen LogP contribution in [0.1, 0.15) is 47.5 Å². The van der Waals surface area contributed by atoms with Gasteiger partial charge in [0.1, 0.15) is 0 Å². The Kier molecular flexibility index (Phi) is 3.84. The molecule has 0 saturated heterocycles. The van der Waals surface area contributed by atoms with Crippen molar-refractivity contribution in [3.05, 3.63) is 22.3 Å². The van der Waals surface area contributed by atoms with E-state index in [1.54, 1.807) is 20.8 Å². The molecule has 16 heavy (non-hydrogen) atoms. The van der Waals surface area contributed by atoms with Gasteiger partial charge >= 0.3 is 0 Å². The number of rotatable bonds is 3. The predicted octanol–water partition coefficient (Wildman–Crippen LogP) is 3.23. The Balaban J connectivity index is 3.09. The number of carbonyl (C=O) groups excluding carboxylic acids is 2. The average Bonchev–Trinajstić information content (AvgIpc) is 2.29. The van der Waals surface area contributed by atoms with Crippen molar-refractivity contribution in [3.8, 4) is 0 Å². The molecule has 0 amide bonds. The van der Waals surface area contributed by atoms with E-state index in [1.165, 1.54) is 0 Å². The Morgan fingerprint density at radius 2 is 1.44 bits per heavy atom. The quantitative estimate of drug-likeness (QED) is 0.684. The highest BCUT2D eigenvalue weighted by Gasteiger charge is 2.28. The third kappa shape index (κ3) is 2.16. The fourth-order valence-corrected chi connectivity index (χ4v) is 1.89. The fourth-order valence-electron chi connectivity index (χ4n) is 1.89. The van der Waals surface area contributed by atoms with Crippen molar-refractivity contribution in [1.29, 1.82) is 0 Å². The molecule has 0 fully saturated rings. The van der Waals surface area contributed by atoms with Crippen molar-refractivity contribution < 1.29 is 9.59 Å². The van der Waals surface area contributed by atoms with Gasteiger partial charge in [0, 0.05) is 22.3 Å². The summed E-state index contributed by atoms with van der Waals surface area (Å²) in [6.07, 6.45) is 1.75. The van der Waals surface area contributed by atoms with E-state index in [0.717, 1.165) is 18.4 Å². The van der Waals surface area contributed by atoms with Crippen LogP contribution >= 0.6 is 0 Å². The van der Waals surface area contributed by atoms with Gasteiger partial charge in [-0.05, 0) is 33.1 Å². The van der Waals surface area contributed by atoms with E-state index in [9.17, 15) is 9.59 Å². The molecule has 0 bridgehead atoms. The number of hydrogen-bond donors (Lipinski definition) is 0. The van der Waals surface area contributed by atoms with Crippen LogP contribution in [-0.2, 0) is 9.59 Å². The van der Waals surface area contributed by atoms with Crippen LogP contribution in [0.5, 0.6) is 0 Å². The second kappa shape index (κ2) is 4.77. The van der Waals surface area contributed by atoms with Crippen LogP contribution in [0.3, 0.4) is 0 Å². The predicted molar refractivity (Wildman–Crippen MR) is 65.2 cm³/mol. The molecule has 0 N–H and O–H groups in total. The van der Waals surface area contributed by atoms with Crippen molar-refractivity contribution in [2.24, 2.45) is 5.92 Å². The molecular formula is C14H20O2. The lowest BCUT2D eigenvalue weighted by Gasteiger charge is -2.20. The van der Waals surface area contributed by atoms with Gasteiger partial charge in [-0.2, -0.15) is 0 Å². The van der Waals surface area contributed by atoms with Gasteiger partial charge < -0.3 is 0 Å². The molecule has 0 aromatic carbocycles. The number of Topliss-reactive ketones (excluding diaryl/α,β-unsaturated/α-hetero) is 2. The van der Waals surface area contributed by atoms with Crippen LogP contribution in [0, 0.1) is 5.92 Å². The van der Waals surface area contributed by atoms with Gasteiger partial charge in [0.2, 0.25) is 0 Å². The zero-order valence-electron chi connectivity index (χ0n) is 10.8. The highest BCUT2D eigenvalue weighted by molar-refractivity contribution is 6.24. The summed E-state index contributed by atoms with van der Waals surface area (Å²) >= 11 is 0. The molecule has 88 valence electrons. The summed E-state index contributed by atoms with van der Waals surface area (Å²) in [5.41, 5.74) is 2.60. The van der Waals surface area contributed by atoms with Gasteiger partial charge in [0.25, 0.3) is 0 Å². The lowest BCUT2D eigenvalue weighted by atomic mass is 9.82. The number of hydrogen-bond acceptors (Lipinski definition) is 2. The standard InChI is InChI=1S/C14H20O2/c1-6-8(2)7-12-11(5)13(15)9(3)10(4)14(12)16/h8H,6-7H2,1-5H3. The molecule has 0 radical (unpaired) electrons. The van der Waals surface area contributed by atoms with E-state index in [4.69, 9.17) is 0 Å². The molecule has 0 aliphatic heterocycles. The van der Waals surface area contributed by atoms with Crippen molar-refractivity contribution in [2.75, 3.05) is 0 Å². The molecule has 0 heterocycles. The third-order valence-corrected chi connectivity index (χ3v) is 3.56. The molecular weight excluding hydrogens is 200 g/mol. The first-order valence-corrected chi connectivity index (χ1v) is 5.86. The van der Waals surface area contributed by atoms with Crippen molar-refractivity contribution >= 4 is 11.6 Å². The topological polar surface area (TPSA) is 34.1 Å². The Labute approximate surface area is 97.4 Å². The number of allylic oxidation sites excluding steroid dienone is 4. The minimum atomic E-state index is 0.0374. The number of carbonyl (C=O) groups is 2. The van der Waals surface area contributed by atoms with E-state index in [1.807, 2.05) is 0 Å². The monoisotopic (exact) mass is 220 g/mol.